The number of ether oxygens (including phenoxy) is 1. The quantitative estimate of drug-likeness (QED) is 0.588. The second-order valence-electron chi connectivity index (χ2n) is 3.84. The van der Waals surface area contributed by atoms with Crippen LogP contribution in [0.25, 0.3) is 0 Å². The third-order valence-electron chi connectivity index (χ3n) is 2.50. The highest BCUT2D eigenvalue weighted by Gasteiger charge is 2.16. The zero-order chi connectivity index (χ0) is 14.3. The zero-order valence-corrected chi connectivity index (χ0v) is 12.2. The van der Waals surface area contributed by atoms with E-state index in [-0.39, 0.29) is 18.3 Å². The van der Waals surface area contributed by atoms with Gasteiger partial charge in [-0.1, -0.05) is 0 Å². The molecule has 0 saturated carbocycles. The van der Waals surface area contributed by atoms with E-state index < -0.39 is 0 Å². The standard InChI is InChI=1S/C13H18N2O3S/c1-4-18-11(16)7-9-15(2)13(17)10-6-5-8-14-12(10)19-3/h5-6,8H,4,7,9H2,1-3H3. The van der Waals surface area contributed by atoms with Gasteiger partial charge in [-0.05, 0) is 25.3 Å². The van der Waals surface area contributed by atoms with Crippen molar-refractivity contribution in [2.24, 2.45) is 0 Å². The summed E-state index contributed by atoms with van der Waals surface area (Å²) in [7, 11) is 1.67. The van der Waals surface area contributed by atoms with Crippen LogP contribution in [0.4, 0.5) is 0 Å². The first-order valence-corrected chi connectivity index (χ1v) is 7.22. The fourth-order valence-corrected chi connectivity index (χ4v) is 2.06. The maximum absolute atomic E-state index is 12.2. The molecule has 0 aliphatic heterocycles. The molecule has 0 N–H and O–H groups in total. The van der Waals surface area contributed by atoms with Crippen molar-refractivity contribution in [1.29, 1.82) is 0 Å². The number of nitrogens with zero attached hydrogens (tertiary/aromatic N) is 2. The lowest BCUT2D eigenvalue weighted by Gasteiger charge is -2.17. The molecule has 0 radical (unpaired) electrons. The molecule has 19 heavy (non-hydrogen) atoms. The maximum Gasteiger partial charge on any atom is 0.307 e. The van der Waals surface area contributed by atoms with Crippen LogP contribution in [0.15, 0.2) is 23.4 Å². The van der Waals surface area contributed by atoms with Gasteiger partial charge in [-0.25, -0.2) is 4.98 Å². The summed E-state index contributed by atoms with van der Waals surface area (Å²) in [5.74, 6) is -0.430. The molecular weight excluding hydrogens is 264 g/mol. The summed E-state index contributed by atoms with van der Waals surface area (Å²) in [6.45, 7) is 2.45. The second-order valence-corrected chi connectivity index (χ2v) is 4.64. The van der Waals surface area contributed by atoms with Crippen LogP contribution in [0.5, 0.6) is 0 Å². The highest BCUT2D eigenvalue weighted by molar-refractivity contribution is 7.98. The van der Waals surface area contributed by atoms with Gasteiger partial charge >= 0.3 is 5.97 Å². The average molecular weight is 282 g/mol. The number of carbonyl (C=O) groups excluding carboxylic acids is 2. The normalized spacial score (nSPS) is 10.1. The Morgan fingerprint density at radius 2 is 2.21 bits per heavy atom. The number of rotatable bonds is 6. The van der Waals surface area contributed by atoms with Crippen LogP contribution < -0.4 is 0 Å². The van der Waals surface area contributed by atoms with E-state index in [0.29, 0.717) is 23.7 Å². The van der Waals surface area contributed by atoms with Gasteiger partial charge in [0.1, 0.15) is 5.03 Å². The van der Waals surface area contributed by atoms with E-state index in [2.05, 4.69) is 4.98 Å². The van der Waals surface area contributed by atoms with E-state index in [1.807, 2.05) is 6.26 Å². The van der Waals surface area contributed by atoms with Crippen LogP contribution >= 0.6 is 11.8 Å². The Bertz CT molecular complexity index is 451. The van der Waals surface area contributed by atoms with Gasteiger partial charge in [0.25, 0.3) is 5.91 Å². The van der Waals surface area contributed by atoms with Crippen molar-refractivity contribution in [2.75, 3.05) is 26.5 Å². The number of thioether (sulfide) groups is 1. The lowest BCUT2D eigenvalue weighted by atomic mass is 10.2. The molecule has 1 aromatic heterocycles. The number of esters is 1. The van der Waals surface area contributed by atoms with Gasteiger partial charge in [0.05, 0.1) is 18.6 Å². The van der Waals surface area contributed by atoms with Gasteiger partial charge in [-0.15, -0.1) is 11.8 Å². The number of amides is 1. The predicted octanol–water partition coefficient (Wildman–Crippen LogP) is 1.83. The summed E-state index contributed by atoms with van der Waals surface area (Å²) in [5.41, 5.74) is 0.557. The first kappa shape index (κ1) is 15.5. The molecule has 0 spiro atoms. The monoisotopic (exact) mass is 282 g/mol. The molecular formula is C13H18N2O3S. The van der Waals surface area contributed by atoms with Gasteiger partial charge in [-0.2, -0.15) is 0 Å². The van der Waals surface area contributed by atoms with Crippen LogP contribution in [0.3, 0.4) is 0 Å². The molecule has 104 valence electrons. The largest absolute Gasteiger partial charge is 0.466 e. The van der Waals surface area contributed by atoms with Crippen LogP contribution in [-0.2, 0) is 9.53 Å². The highest BCUT2D eigenvalue weighted by atomic mass is 32.2. The molecule has 0 atom stereocenters. The van der Waals surface area contributed by atoms with Crippen molar-refractivity contribution in [1.82, 2.24) is 9.88 Å². The molecule has 1 aromatic rings. The van der Waals surface area contributed by atoms with E-state index in [4.69, 9.17) is 4.74 Å². The van der Waals surface area contributed by atoms with Gasteiger partial charge in [-0.3, -0.25) is 9.59 Å². The van der Waals surface area contributed by atoms with Gasteiger partial charge in [0.2, 0.25) is 0 Å². The highest BCUT2D eigenvalue weighted by Crippen LogP contribution is 2.18. The van der Waals surface area contributed by atoms with Gasteiger partial charge < -0.3 is 9.64 Å². The molecule has 0 fully saturated rings. The third-order valence-corrected chi connectivity index (χ3v) is 3.21. The van der Waals surface area contributed by atoms with E-state index >= 15 is 0 Å². The molecule has 1 amide bonds. The van der Waals surface area contributed by atoms with Crippen molar-refractivity contribution in [3.8, 4) is 0 Å². The molecule has 0 unspecified atom stereocenters. The second kappa shape index (κ2) is 7.78. The van der Waals surface area contributed by atoms with Gasteiger partial charge in [0.15, 0.2) is 0 Å². The minimum Gasteiger partial charge on any atom is -0.466 e. The first-order valence-electron chi connectivity index (χ1n) is 6.00. The van der Waals surface area contributed by atoms with E-state index in [0.717, 1.165) is 0 Å². The minimum atomic E-state index is -0.293. The van der Waals surface area contributed by atoms with Crippen molar-refractivity contribution in [2.45, 2.75) is 18.4 Å². The summed E-state index contributed by atoms with van der Waals surface area (Å²) < 4.78 is 4.83. The Labute approximate surface area is 117 Å². The average Bonchev–Trinajstić information content (AvgIpc) is 2.44. The third kappa shape index (κ3) is 4.55. The topological polar surface area (TPSA) is 59.5 Å². The van der Waals surface area contributed by atoms with Gasteiger partial charge in [0, 0.05) is 19.8 Å². The molecule has 6 heteroatoms. The SMILES string of the molecule is CCOC(=O)CCN(C)C(=O)c1cccnc1SC. The molecule has 0 aromatic carbocycles. The lowest BCUT2D eigenvalue weighted by molar-refractivity contribution is -0.143. The molecule has 1 rings (SSSR count). The summed E-state index contributed by atoms with van der Waals surface area (Å²) in [6, 6.07) is 3.47. The fourth-order valence-electron chi connectivity index (χ4n) is 1.52. The molecule has 5 nitrogen and oxygen atoms in total. The Morgan fingerprint density at radius 3 is 2.84 bits per heavy atom. The van der Waals surface area contributed by atoms with Crippen molar-refractivity contribution < 1.29 is 14.3 Å². The lowest BCUT2D eigenvalue weighted by Crippen LogP contribution is -2.30. The minimum absolute atomic E-state index is 0.137. The van der Waals surface area contributed by atoms with Crippen molar-refractivity contribution >= 4 is 23.6 Å². The molecule has 0 aliphatic rings. The number of hydrogen-bond donors (Lipinski definition) is 0. The Kier molecular flexibility index (Phi) is 6.35. The number of aromatic nitrogens is 1. The van der Waals surface area contributed by atoms with Crippen LogP contribution in [-0.4, -0.2) is 48.2 Å². The zero-order valence-electron chi connectivity index (χ0n) is 11.4. The van der Waals surface area contributed by atoms with Crippen LogP contribution in [0, 0.1) is 0 Å². The Hall–Kier alpha value is -1.56. The number of carbonyl (C=O) groups is 2. The first-order chi connectivity index (χ1) is 9.10. The predicted molar refractivity (Wildman–Crippen MR) is 74.2 cm³/mol. The van der Waals surface area contributed by atoms with Crippen LogP contribution in [0.1, 0.15) is 23.7 Å². The Morgan fingerprint density at radius 1 is 1.47 bits per heavy atom. The van der Waals surface area contributed by atoms with Crippen LogP contribution in [0.2, 0.25) is 0 Å². The smallest absolute Gasteiger partial charge is 0.307 e. The van der Waals surface area contributed by atoms with Crippen molar-refractivity contribution in [3.05, 3.63) is 23.9 Å². The summed E-state index contributed by atoms with van der Waals surface area (Å²) >= 11 is 1.42. The van der Waals surface area contributed by atoms with E-state index in [1.54, 1.807) is 32.3 Å². The number of hydrogen-bond acceptors (Lipinski definition) is 5. The molecule has 1 heterocycles. The summed E-state index contributed by atoms with van der Waals surface area (Å²) in [5, 5.41) is 0.690. The molecule has 0 saturated heterocycles. The maximum atomic E-state index is 12.2. The van der Waals surface area contributed by atoms with Crippen molar-refractivity contribution in [3.63, 3.8) is 0 Å². The molecule has 0 bridgehead atoms. The summed E-state index contributed by atoms with van der Waals surface area (Å²) in [6.07, 6.45) is 3.73. The summed E-state index contributed by atoms with van der Waals surface area (Å²) in [4.78, 5) is 29.1. The fraction of sp³-hybridized carbons (Fsp3) is 0.462. The number of pyridine rings is 1. The van der Waals surface area contributed by atoms with E-state index in [9.17, 15) is 9.59 Å². The Balaban J connectivity index is 2.64. The molecule has 0 aliphatic carbocycles. The van der Waals surface area contributed by atoms with E-state index in [1.165, 1.54) is 16.7 Å².